The molecule has 1 aliphatic heterocycles. The fourth-order valence-corrected chi connectivity index (χ4v) is 2.01. The van der Waals surface area contributed by atoms with Gasteiger partial charge in [-0.3, -0.25) is 0 Å². The highest BCUT2D eigenvalue weighted by Crippen LogP contribution is 2.55. The monoisotopic (exact) mass is 189 g/mol. The molecule has 2 radical (unpaired) electrons. The molecular weight excluding hydrogens is 182 g/mol. The molecule has 1 heterocycles. The van der Waals surface area contributed by atoms with Gasteiger partial charge in [-0.05, 0) is 0 Å². The van der Waals surface area contributed by atoms with E-state index in [-0.39, 0.29) is 5.92 Å². The SMILES string of the molecule is [B]C1OC2(O)CC2C1O[P+](=O)O. The van der Waals surface area contributed by atoms with Crippen molar-refractivity contribution in [3.63, 3.8) is 0 Å². The van der Waals surface area contributed by atoms with Crippen LogP contribution in [0.3, 0.4) is 0 Å². The zero-order valence-corrected chi connectivity index (χ0v) is 6.98. The molecule has 7 heteroatoms. The van der Waals surface area contributed by atoms with E-state index in [2.05, 4.69) is 4.52 Å². The largest absolute Gasteiger partial charge is 0.695 e. The van der Waals surface area contributed by atoms with E-state index in [0.717, 1.165) is 0 Å². The van der Waals surface area contributed by atoms with Gasteiger partial charge in [0, 0.05) is 11.0 Å². The minimum absolute atomic E-state index is 0.251. The third kappa shape index (κ3) is 1.20. The lowest BCUT2D eigenvalue weighted by molar-refractivity contribution is -0.119. The molecule has 1 saturated carbocycles. The Kier molecular flexibility index (Phi) is 1.79. The van der Waals surface area contributed by atoms with Gasteiger partial charge in [-0.1, -0.05) is 0 Å². The van der Waals surface area contributed by atoms with Crippen LogP contribution in [-0.2, 0) is 13.8 Å². The number of fused-ring (bicyclic) bond motifs is 1. The minimum atomic E-state index is -2.68. The highest BCUT2D eigenvalue weighted by atomic mass is 31.1. The second kappa shape index (κ2) is 2.50. The van der Waals surface area contributed by atoms with Crippen molar-refractivity contribution in [2.75, 3.05) is 0 Å². The molecule has 2 aliphatic rings. The van der Waals surface area contributed by atoms with E-state index < -0.39 is 26.1 Å². The lowest BCUT2D eigenvalue weighted by Crippen LogP contribution is -2.27. The first-order valence-corrected chi connectivity index (χ1v) is 4.65. The van der Waals surface area contributed by atoms with Crippen molar-refractivity contribution >= 4 is 16.1 Å². The lowest BCUT2D eigenvalue weighted by atomic mass is 9.93. The predicted molar refractivity (Wildman–Crippen MR) is 38.4 cm³/mol. The first-order valence-electron chi connectivity index (χ1n) is 3.51. The summed E-state index contributed by atoms with van der Waals surface area (Å²) in [6.07, 6.45) is -0.238. The quantitative estimate of drug-likeness (QED) is 0.441. The van der Waals surface area contributed by atoms with Gasteiger partial charge in [0.15, 0.2) is 5.79 Å². The first-order chi connectivity index (χ1) is 5.53. The van der Waals surface area contributed by atoms with Crippen LogP contribution >= 0.6 is 8.25 Å². The molecule has 1 aliphatic carbocycles. The fourth-order valence-electron chi connectivity index (χ4n) is 1.53. The standard InChI is InChI=1S/C5H6BO5P/c6-4-3(11-12(8)9)2-1-5(2,7)10-4/h2-4,7H,1H2/p+1. The third-order valence-corrected chi connectivity index (χ3v) is 2.63. The van der Waals surface area contributed by atoms with Crippen LogP contribution in [0.25, 0.3) is 0 Å². The molecule has 0 bridgehead atoms. The third-order valence-electron chi connectivity index (χ3n) is 2.20. The molecule has 2 rings (SSSR count). The van der Waals surface area contributed by atoms with Crippen molar-refractivity contribution in [2.45, 2.75) is 24.3 Å². The normalized spacial score (nSPS) is 51.8. The second-order valence-corrected chi connectivity index (χ2v) is 3.73. The summed E-state index contributed by atoms with van der Waals surface area (Å²) in [5, 5.41) is 9.36. The van der Waals surface area contributed by atoms with Crippen LogP contribution < -0.4 is 0 Å². The van der Waals surface area contributed by atoms with Gasteiger partial charge in [-0.25, -0.2) is 0 Å². The summed E-state index contributed by atoms with van der Waals surface area (Å²) >= 11 is 0. The molecule has 0 amide bonds. The van der Waals surface area contributed by atoms with Crippen molar-refractivity contribution in [2.24, 2.45) is 5.92 Å². The van der Waals surface area contributed by atoms with Crippen LogP contribution in [0.1, 0.15) is 6.42 Å². The van der Waals surface area contributed by atoms with Crippen LogP contribution in [-0.4, -0.2) is 35.7 Å². The van der Waals surface area contributed by atoms with Crippen LogP contribution in [0.2, 0.25) is 0 Å². The Labute approximate surface area is 71.0 Å². The maximum atomic E-state index is 10.3. The first kappa shape index (κ1) is 8.60. The maximum absolute atomic E-state index is 10.3. The fraction of sp³-hybridized carbons (Fsp3) is 1.00. The molecule has 0 aromatic heterocycles. The number of hydrogen-bond donors (Lipinski definition) is 2. The topological polar surface area (TPSA) is 76.0 Å². The highest BCUT2D eigenvalue weighted by molar-refractivity contribution is 7.32. The zero-order chi connectivity index (χ0) is 8.93. The summed E-state index contributed by atoms with van der Waals surface area (Å²) in [4.78, 5) is 8.45. The minimum Gasteiger partial charge on any atom is -0.365 e. The van der Waals surface area contributed by atoms with E-state index in [4.69, 9.17) is 17.5 Å². The molecule has 5 nitrogen and oxygen atoms in total. The summed E-state index contributed by atoms with van der Waals surface area (Å²) in [6, 6.07) is -0.806. The van der Waals surface area contributed by atoms with Crippen molar-refractivity contribution in [1.29, 1.82) is 0 Å². The van der Waals surface area contributed by atoms with Gasteiger partial charge in [0.05, 0.1) is 11.9 Å². The van der Waals surface area contributed by atoms with Crippen LogP contribution in [0, 0.1) is 5.92 Å². The molecule has 5 atom stereocenters. The summed E-state index contributed by atoms with van der Waals surface area (Å²) in [7, 11) is 2.70. The Morgan fingerprint density at radius 2 is 2.42 bits per heavy atom. The van der Waals surface area contributed by atoms with E-state index in [1.807, 2.05) is 0 Å². The number of rotatable bonds is 2. The summed E-state index contributed by atoms with van der Waals surface area (Å²) < 4.78 is 19.8. The van der Waals surface area contributed by atoms with Crippen LogP contribution in [0.4, 0.5) is 0 Å². The second-order valence-electron chi connectivity index (χ2n) is 3.05. The summed E-state index contributed by atoms with van der Waals surface area (Å²) in [5.74, 6) is -1.45. The lowest BCUT2D eigenvalue weighted by Gasteiger charge is -2.11. The molecule has 0 aromatic rings. The average molecular weight is 189 g/mol. The van der Waals surface area contributed by atoms with Crippen LogP contribution in [0.5, 0.6) is 0 Å². The zero-order valence-electron chi connectivity index (χ0n) is 6.08. The summed E-state index contributed by atoms with van der Waals surface area (Å²) in [5.41, 5.74) is 0. The van der Waals surface area contributed by atoms with E-state index in [1.54, 1.807) is 0 Å². The highest BCUT2D eigenvalue weighted by Gasteiger charge is 2.68. The van der Waals surface area contributed by atoms with Crippen molar-refractivity contribution in [1.82, 2.24) is 0 Å². The van der Waals surface area contributed by atoms with E-state index >= 15 is 0 Å². The van der Waals surface area contributed by atoms with Crippen molar-refractivity contribution < 1.29 is 23.8 Å². The summed E-state index contributed by atoms with van der Waals surface area (Å²) in [6.45, 7) is 0. The smallest absolute Gasteiger partial charge is 0.365 e. The molecule has 2 N–H and O–H groups in total. The molecule has 5 unspecified atom stereocenters. The maximum Gasteiger partial charge on any atom is 0.695 e. The van der Waals surface area contributed by atoms with E-state index in [9.17, 15) is 9.67 Å². The molecule has 2 fully saturated rings. The van der Waals surface area contributed by atoms with E-state index in [0.29, 0.717) is 6.42 Å². The Balaban J connectivity index is 2.02. The number of ether oxygens (including phenoxy) is 1. The van der Waals surface area contributed by atoms with E-state index in [1.165, 1.54) is 0 Å². The van der Waals surface area contributed by atoms with Gasteiger partial charge in [0.25, 0.3) is 0 Å². The predicted octanol–water partition coefficient (Wildman–Crippen LogP) is -0.745. The van der Waals surface area contributed by atoms with Gasteiger partial charge < -0.3 is 9.84 Å². The van der Waals surface area contributed by atoms with Gasteiger partial charge >= 0.3 is 8.25 Å². The van der Waals surface area contributed by atoms with Gasteiger partial charge in [0.1, 0.15) is 14.0 Å². The number of aliphatic hydroxyl groups is 1. The van der Waals surface area contributed by atoms with Gasteiger partial charge in [-0.15, -0.1) is 9.42 Å². The molecular formula is C5H7BO5P+. The molecule has 0 aromatic carbocycles. The average Bonchev–Trinajstić information content (AvgIpc) is 2.49. The molecule has 0 spiro atoms. The van der Waals surface area contributed by atoms with Gasteiger partial charge in [-0.2, -0.15) is 0 Å². The molecule has 1 saturated heterocycles. The van der Waals surface area contributed by atoms with Gasteiger partial charge in [0.2, 0.25) is 0 Å². The van der Waals surface area contributed by atoms with Crippen molar-refractivity contribution in [3.8, 4) is 0 Å². The van der Waals surface area contributed by atoms with Crippen molar-refractivity contribution in [3.05, 3.63) is 0 Å². The Hall–Kier alpha value is 0.00494. The number of hydrogen-bond acceptors (Lipinski definition) is 4. The molecule has 64 valence electrons. The van der Waals surface area contributed by atoms with Crippen LogP contribution in [0.15, 0.2) is 0 Å². The Morgan fingerprint density at radius 3 is 2.83 bits per heavy atom. The Bertz CT molecular complexity index is 236. The molecule has 12 heavy (non-hydrogen) atoms. The Morgan fingerprint density at radius 1 is 1.75 bits per heavy atom.